The molecule has 0 N–H and O–H groups in total. The van der Waals surface area contributed by atoms with E-state index in [4.69, 9.17) is 0 Å². The van der Waals surface area contributed by atoms with Crippen molar-refractivity contribution in [3.63, 3.8) is 0 Å². The van der Waals surface area contributed by atoms with Crippen LogP contribution >= 0.6 is 11.3 Å². The number of thiazole rings is 1. The number of rotatable bonds is 6. The fourth-order valence-electron chi connectivity index (χ4n) is 2.71. The summed E-state index contributed by atoms with van der Waals surface area (Å²) in [4.78, 5) is 28.5. The molecule has 1 amide bonds. The van der Waals surface area contributed by atoms with Crippen molar-refractivity contribution in [2.45, 2.75) is 25.8 Å². The number of esters is 1. The maximum absolute atomic E-state index is 13.5. The number of methoxy groups -OCH3 is 1. The summed E-state index contributed by atoms with van der Waals surface area (Å²) >= 11 is 1.23. The molecular weight excluding hydrogens is 367 g/mol. The lowest BCUT2D eigenvalue weighted by Gasteiger charge is -2.04. The van der Waals surface area contributed by atoms with Crippen LogP contribution in [0.1, 0.15) is 18.4 Å². The predicted molar refractivity (Wildman–Crippen MR) is 102 cm³/mol. The quantitative estimate of drug-likeness (QED) is 0.610. The molecule has 1 aromatic heterocycles. The predicted octanol–water partition coefficient (Wildman–Crippen LogP) is 3.47. The molecule has 0 aliphatic heterocycles. The molecular formula is C20H19FN2O3S. The zero-order valence-corrected chi connectivity index (χ0v) is 15.7. The highest BCUT2D eigenvalue weighted by Gasteiger charge is 2.11. The zero-order valence-electron chi connectivity index (χ0n) is 14.9. The second kappa shape index (κ2) is 8.73. The number of carbonyl (C=O) groups excluding carboxylic acids is 2. The summed E-state index contributed by atoms with van der Waals surface area (Å²) in [5.74, 6) is -0.964. The maximum atomic E-state index is 13.5. The van der Waals surface area contributed by atoms with E-state index >= 15 is 0 Å². The highest BCUT2D eigenvalue weighted by atomic mass is 32.1. The Balaban J connectivity index is 1.87. The largest absolute Gasteiger partial charge is 0.469 e. The van der Waals surface area contributed by atoms with E-state index in [1.165, 1.54) is 30.6 Å². The number of carbonyl (C=O) groups is 2. The summed E-state index contributed by atoms with van der Waals surface area (Å²) < 4.78 is 20.7. The molecule has 0 saturated carbocycles. The number of ether oxygens (including phenoxy) is 1. The fourth-order valence-corrected chi connectivity index (χ4v) is 3.81. The van der Waals surface area contributed by atoms with Crippen LogP contribution in [-0.4, -0.2) is 23.6 Å². The number of hydrogen-bond acceptors (Lipinski definition) is 4. The van der Waals surface area contributed by atoms with Crippen molar-refractivity contribution < 1.29 is 18.7 Å². The van der Waals surface area contributed by atoms with Gasteiger partial charge in [0.2, 0.25) is 5.91 Å². The molecule has 0 saturated heterocycles. The monoisotopic (exact) mass is 386 g/mol. The van der Waals surface area contributed by atoms with Crippen LogP contribution in [0, 0.1) is 5.82 Å². The average molecular weight is 386 g/mol. The molecule has 0 bridgehead atoms. The molecule has 27 heavy (non-hydrogen) atoms. The molecule has 2 aromatic carbocycles. The van der Waals surface area contributed by atoms with Gasteiger partial charge in [0.25, 0.3) is 0 Å². The molecule has 3 rings (SSSR count). The molecule has 0 fully saturated rings. The Hall–Kier alpha value is -2.80. The van der Waals surface area contributed by atoms with E-state index in [0.717, 1.165) is 11.1 Å². The number of nitrogens with zero attached hydrogens (tertiary/aromatic N) is 2. The lowest BCUT2D eigenvalue weighted by Crippen LogP contribution is -2.19. The Labute approximate surface area is 159 Å². The number of halogens is 1. The molecule has 0 spiro atoms. The van der Waals surface area contributed by atoms with Crippen molar-refractivity contribution in [3.05, 3.63) is 64.7 Å². The van der Waals surface area contributed by atoms with Crippen LogP contribution in [0.3, 0.4) is 0 Å². The van der Waals surface area contributed by atoms with Crippen LogP contribution in [0.15, 0.2) is 53.5 Å². The normalized spacial score (nSPS) is 11.7. The summed E-state index contributed by atoms with van der Waals surface area (Å²) in [6.07, 6.45) is 1.03. The van der Waals surface area contributed by atoms with Gasteiger partial charge in [0.15, 0.2) is 4.80 Å². The summed E-state index contributed by atoms with van der Waals surface area (Å²) in [6, 6.07) is 14.1. The van der Waals surface area contributed by atoms with Crippen LogP contribution in [0.25, 0.3) is 10.2 Å². The highest BCUT2D eigenvalue weighted by molar-refractivity contribution is 7.16. The lowest BCUT2D eigenvalue weighted by atomic mass is 10.1. The van der Waals surface area contributed by atoms with Gasteiger partial charge in [0.1, 0.15) is 5.82 Å². The Kier molecular flexibility index (Phi) is 6.13. The Morgan fingerprint density at radius 1 is 1.15 bits per heavy atom. The number of aromatic nitrogens is 1. The summed E-state index contributed by atoms with van der Waals surface area (Å²) in [6.45, 7) is 0.309. The third-order valence-electron chi connectivity index (χ3n) is 4.10. The van der Waals surface area contributed by atoms with Gasteiger partial charge < -0.3 is 9.30 Å². The molecule has 7 heteroatoms. The van der Waals surface area contributed by atoms with Gasteiger partial charge in [-0.15, -0.1) is 0 Å². The summed E-state index contributed by atoms with van der Waals surface area (Å²) in [5.41, 5.74) is 1.80. The van der Waals surface area contributed by atoms with Gasteiger partial charge >= 0.3 is 5.97 Å². The van der Waals surface area contributed by atoms with Gasteiger partial charge in [0.05, 0.1) is 23.7 Å². The average Bonchev–Trinajstić information content (AvgIpc) is 3.01. The van der Waals surface area contributed by atoms with Gasteiger partial charge in [-0.1, -0.05) is 41.7 Å². The summed E-state index contributed by atoms with van der Waals surface area (Å²) in [5, 5.41) is 0. The minimum Gasteiger partial charge on any atom is -0.469 e. The third kappa shape index (κ3) is 4.89. The maximum Gasteiger partial charge on any atom is 0.307 e. The SMILES string of the molecule is COC(=O)CCn1c(=NC(=O)CCc2ccccc2)sc2cc(F)ccc21. The van der Waals surface area contributed by atoms with Crippen LogP contribution in [0.2, 0.25) is 0 Å². The van der Waals surface area contributed by atoms with Crippen molar-refractivity contribution in [3.8, 4) is 0 Å². The molecule has 3 aromatic rings. The van der Waals surface area contributed by atoms with E-state index in [1.807, 2.05) is 30.3 Å². The topological polar surface area (TPSA) is 60.7 Å². The molecule has 0 unspecified atom stereocenters. The van der Waals surface area contributed by atoms with Crippen molar-refractivity contribution in [1.29, 1.82) is 0 Å². The zero-order chi connectivity index (χ0) is 19.2. The minimum atomic E-state index is -0.356. The van der Waals surface area contributed by atoms with Crippen LogP contribution in [-0.2, 0) is 27.3 Å². The molecule has 5 nitrogen and oxygen atoms in total. The standard InChI is InChI=1S/C20H19FN2O3S/c1-26-19(25)11-12-23-16-9-8-15(21)13-17(16)27-20(23)22-18(24)10-7-14-5-3-2-4-6-14/h2-6,8-9,13H,7,10-12H2,1H3. The fraction of sp³-hybridized carbons (Fsp3) is 0.250. The van der Waals surface area contributed by atoms with Crippen molar-refractivity contribution in [2.75, 3.05) is 7.11 Å². The van der Waals surface area contributed by atoms with Gasteiger partial charge in [0, 0.05) is 13.0 Å². The second-order valence-corrected chi connectivity index (χ2v) is 6.97. The molecule has 0 radical (unpaired) electrons. The van der Waals surface area contributed by atoms with Gasteiger partial charge in [-0.25, -0.2) is 4.39 Å². The van der Waals surface area contributed by atoms with Gasteiger partial charge in [-0.05, 0) is 30.2 Å². The number of aryl methyl sites for hydroxylation is 2. The molecule has 140 valence electrons. The Morgan fingerprint density at radius 2 is 1.93 bits per heavy atom. The molecule has 0 atom stereocenters. The van der Waals surface area contributed by atoms with E-state index in [0.29, 0.717) is 22.5 Å². The number of benzene rings is 2. The van der Waals surface area contributed by atoms with E-state index < -0.39 is 0 Å². The Bertz CT molecular complexity index is 1020. The first kappa shape index (κ1) is 19.0. The number of hydrogen-bond donors (Lipinski definition) is 0. The first-order valence-electron chi connectivity index (χ1n) is 8.54. The lowest BCUT2D eigenvalue weighted by molar-refractivity contribution is -0.140. The third-order valence-corrected chi connectivity index (χ3v) is 5.14. The van der Waals surface area contributed by atoms with Crippen LogP contribution in [0.5, 0.6) is 0 Å². The molecule has 0 aliphatic carbocycles. The first-order chi connectivity index (χ1) is 13.1. The van der Waals surface area contributed by atoms with Crippen LogP contribution in [0.4, 0.5) is 4.39 Å². The second-order valence-electron chi connectivity index (χ2n) is 5.97. The van der Waals surface area contributed by atoms with Crippen molar-refractivity contribution in [2.24, 2.45) is 4.99 Å². The first-order valence-corrected chi connectivity index (χ1v) is 9.35. The smallest absolute Gasteiger partial charge is 0.307 e. The van der Waals surface area contributed by atoms with Crippen LogP contribution < -0.4 is 4.80 Å². The van der Waals surface area contributed by atoms with Crippen molar-refractivity contribution >= 4 is 33.4 Å². The van der Waals surface area contributed by atoms with Crippen molar-refractivity contribution in [1.82, 2.24) is 4.57 Å². The van der Waals surface area contributed by atoms with E-state index in [1.54, 1.807) is 10.6 Å². The van der Waals surface area contributed by atoms with E-state index in [-0.39, 0.29) is 30.5 Å². The van der Waals surface area contributed by atoms with E-state index in [2.05, 4.69) is 9.73 Å². The summed E-state index contributed by atoms with van der Waals surface area (Å²) in [7, 11) is 1.33. The highest BCUT2D eigenvalue weighted by Crippen LogP contribution is 2.19. The number of amides is 1. The number of fused-ring (bicyclic) bond motifs is 1. The van der Waals surface area contributed by atoms with Gasteiger partial charge in [-0.3, -0.25) is 9.59 Å². The Morgan fingerprint density at radius 3 is 2.67 bits per heavy atom. The van der Waals surface area contributed by atoms with Gasteiger partial charge in [-0.2, -0.15) is 4.99 Å². The molecule has 0 aliphatic rings. The minimum absolute atomic E-state index is 0.144. The molecule has 1 heterocycles. The van der Waals surface area contributed by atoms with E-state index in [9.17, 15) is 14.0 Å².